The van der Waals surface area contributed by atoms with E-state index in [0.29, 0.717) is 54.9 Å². The van der Waals surface area contributed by atoms with Gasteiger partial charge < -0.3 is 19.3 Å². The van der Waals surface area contributed by atoms with E-state index in [9.17, 15) is 14.0 Å². The number of nitrogens with zero attached hydrogens (tertiary/aromatic N) is 2. The van der Waals surface area contributed by atoms with Crippen LogP contribution in [-0.4, -0.2) is 61.5 Å². The van der Waals surface area contributed by atoms with Gasteiger partial charge in [0.2, 0.25) is 0 Å². The van der Waals surface area contributed by atoms with Gasteiger partial charge in [0.25, 0.3) is 11.8 Å². The van der Waals surface area contributed by atoms with Gasteiger partial charge in [-0.25, -0.2) is 4.39 Å². The van der Waals surface area contributed by atoms with E-state index in [0.717, 1.165) is 0 Å². The van der Waals surface area contributed by atoms with Gasteiger partial charge in [-0.2, -0.15) is 0 Å². The Balaban J connectivity index is 1.66. The van der Waals surface area contributed by atoms with Gasteiger partial charge in [0.05, 0.1) is 19.3 Å². The zero-order chi connectivity index (χ0) is 21.0. The van der Waals surface area contributed by atoms with Crippen molar-refractivity contribution in [3.8, 4) is 11.5 Å². The lowest BCUT2D eigenvalue weighted by Gasteiger charge is -2.35. The van der Waals surface area contributed by atoms with E-state index >= 15 is 0 Å². The molecule has 29 heavy (non-hydrogen) atoms. The highest BCUT2D eigenvalue weighted by Crippen LogP contribution is 2.28. The highest BCUT2D eigenvalue weighted by atomic mass is 35.5. The first-order chi connectivity index (χ1) is 13.9. The Morgan fingerprint density at radius 3 is 2.28 bits per heavy atom. The number of hydrogen-bond acceptors (Lipinski definition) is 4. The lowest BCUT2D eigenvalue weighted by atomic mass is 10.1. The van der Waals surface area contributed by atoms with E-state index in [2.05, 4.69) is 0 Å². The zero-order valence-corrected chi connectivity index (χ0v) is 17.0. The molecule has 8 heteroatoms. The van der Waals surface area contributed by atoms with Gasteiger partial charge >= 0.3 is 0 Å². The lowest BCUT2D eigenvalue weighted by molar-refractivity contribution is 0.0532. The Labute approximate surface area is 173 Å². The molecule has 2 aromatic rings. The maximum Gasteiger partial charge on any atom is 0.257 e. The fourth-order valence-electron chi connectivity index (χ4n) is 3.20. The Hall–Kier alpha value is -2.80. The van der Waals surface area contributed by atoms with Gasteiger partial charge in [0, 0.05) is 36.8 Å². The molecule has 2 aromatic carbocycles. The summed E-state index contributed by atoms with van der Waals surface area (Å²) >= 11 is 5.88. The van der Waals surface area contributed by atoms with Crippen molar-refractivity contribution in [1.82, 2.24) is 9.80 Å². The van der Waals surface area contributed by atoms with Crippen LogP contribution in [0, 0.1) is 5.82 Å². The van der Waals surface area contributed by atoms with Crippen molar-refractivity contribution in [3.63, 3.8) is 0 Å². The summed E-state index contributed by atoms with van der Waals surface area (Å²) in [4.78, 5) is 28.6. The number of benzene rings is 2. The van der Waals surface area contributed by atoms with E-state index in [4.69, 9.17) is 21.1 Å². The summed E-state index contributed by atoms with van der Waals surface area (Å²) in [5.41, 5.74) is 0.416. The Kier molecular flexibility index (Phi) is 6.59. The highest BCUT2D eigenvalue weighted by molar-refractivity contribution is 6.31. The average Bonchev–Trinajstić information content (AvgIpc) is 2.75. The monoisotopic (exact) mass is 420 g/mol. The fraction of sp³-hybridized carbons (Fsp3) is 0.333. The summed E-state index contributed by atoms with van der Waals surface area (Å²) < 4.78 is 24.7. The van der Waals surface area contributed by atoms with Crippen molar-refractivity contribution in [3.05, 3.63) is 58.4 Å². The van der Waals surface area contributed by atoms with Crippen LogP contribution in [-0.2, 0) is 0 Å². The molecule has 154 valence electrons. The number of rotatable bonds is 5. The van der Waals surface area contributed by atoms with E-state index in [1.54, 1.807) is 23.1 Å². The first-order valence-corrected chi connectivity index (χ1v) is 9.66. The van der Waals surface area contributed by atoms with Crippen molar-refractivity contribution >= 4 is 23.4 Å². The summed E-state index contributed by atoms with van der Waals surface area (Å²) in [6.45, 7) is 3.68. The number of halogens is 2. The number of amides is 2. The number of ether oxygens (including phenoxy) is 2. The van der Waals surface area contributed by atoms with E-state index < -0.39 is 11.7 Å². The first kappa shape index (κ1) is 20.9. The van der Waals surface area contributed by atoms with Gasteiger partial charge in [-0.15, -0.1) is 0 Å². The topological polar surface area (TPSA) is 59.1 Å². The van der Waals surface area contributed by atoms with Crippen molar-refractivity contribution in [2.75, 3.05) is 39.9 Å². The van der Waals surface area contributed by atoms with Gasteiger partial charge in [0.15, 0.2) is 11.5 Å². The SMILES string of the molecule is CCOc1ccc(C(=O)N2CCN(C(=O)c3cc(Cl)ccc3F)CC2)cc1OC. The number of carbonyl (C=O) groups is 2. The van der Waals surface area contributed by atoms with Gasteiger partial charge in [-0.05, 0) is 43.3 Å². The summed E-state index contributed by atoms with van der Waals surface area (Å²) in [6.07, 6.45) is 0. The molecule has 2 amide bonds. The second kappa shape index (κ2) is 9.13. The Morgan fingerprint density at radius 2 is 1.66 bits per heavy atom. The minimum absolute atomic E-state index is 0.0616. The second-order valence-corrected chi connectivity index (χ2v) is 6.94. The van der Waals surface area contributed by atoms with Crippen LogP contribution in [0.4, 0.5) is 4.39 Å². The third-order valence-electron chi connectivity index (χ3n) is 4.72. The third-order valence-corrected chi connectivity index (χ3v) is 4.96. The number of carbonyl (C=O) groups excluding carboxylic acids is 2. The zero-order valence-electron chi connectivity index (χ0n) is 16.3. The summed E-state index contributed by atoms with van der Waals surface area (Å²) in [5.74, 6) is -0.139. The molecular weight excluding hydrogens is 399 g/mol. The smallest absolute Gasteiger partial charge is 0.257 e. The number of hydrogen-bond donors (Lipinski definition) is 0. The van der Waals surface area contributed by atoms with Crippen LogP contribution in [0.1, 0.15) is 27.6 Å². The molecule has 0 aromatic heterocycles. The van der Waals surface area contributed by atoms with E-state index in [1.165, 1.54) is 30.2 Å². The normalized spacial score (nSPS) is 13.9. The predicted molar refractivity (Wildman–Crippen MR) is 107 cm³/mol. The quantitative estimate of drug-likeness (QED) is 0.743. The van der Waals surface area contributed by atoms with Crippen molar-refractivity contribution in [2.24, 2.45) is 0 Å². The first-order valence-electron chi connectivity index (χ1n) is 9.29. The van der Waals surface area contributed by atoms with Crippen LogP contribution >= 0.6 is 11.6 Å². The maximum atomic E-state index is 14.0. The minimum Gasteiger partial charge on any atom is -0.493 e. The molecular formula is C21H22ClFN2O4. The van der Waals surface area contributed by atoms with E-state index in [-0.39, 0.29) is 11.5 Å². The molecule has 0 unspecified atom stereocenters. The molecule has 0 radical (unpaired) electrons. The second-order valence-electron chi connectivity index (χ2n) is 6.51. The van der Waals surface area contributed by atoms with Crippen LogP contribution in [0.3, 0.4) is 0 Å². The molecule has 1 aliphatic heterocycles. The van der Waals surface area contributed by atoms with Crippen molar-refractivity contribution in [2.45, 2.75) is 6.92 Å². The summed E-state index contributed by atoms with van der Waals surface area (Å²) in [5, 5.41) is 0.299. The molecule has 0 aliphatic carbocycles. The van der Waals surface area contributed by atoms with Crippen LogP contribution in [0.25, 0.3) is 0 Å². The molecule has 1 fully saturated rings. The molecule has 1 heterocycles. The molecule has 0 spiro atoms. The van der Waals surface area contributed by atoms with Gasteiger partial charge in [-0.3, -0.25) is 9.59 Å². The fourth-order valence-corrected chi connectivity index (χ4v) is 3.37. The molecule has 0 saturated carbocycles. The molecule has 3 rings (SSSR count). The molecule has 0 atom stereocenters. The highest BCUT2D eigenvalue weighted by Gasteiger charge is 2.27. The molecule has 1 saturated heterocycles. The number of piperazine rings is 1. The Morgan fingerprint density at radius 1 is 1.00 bits per heavy atom. The van der Waals surface area contributed by atoms with Gasteiger partial charge in [-0.1, -0.05) is 11.6 Å². The third kappa shape index (κ3) is 4.62. The van der Waals surface area contributed by atoms with E-state index in [1.807, 2.05) is 6.92 Å². The molecule has 0 N–H and O–H groups in total. The number of methoxy groups -OCH3 is 1. The standard InChI is InChI=1S/C21H22ClFN2O4/c1-3-29-18-7-4-14(12-19(18)28-2)20(26)24-8-10-25(11-9-24)21(27)16-13-15(22)5-6-17(16)23/h4-7,12-13H,3,8-11H2,1-2H3. The van der Waals surface area contributed by atoms with Crippen LogP contribution in [0.2, 0.25) is 5.02 Å². The molecule has 0 bridgehead atoms. The van der Waals surface area contributed by atoms with Crippen molar-refractivity contribution < 1.29 is 23.5 Å². The molecule has 1 aliphatic rings. The average molecular weight is 421 g/mol. The molecule has 6 nitrogen and oxygen atoms in total. The summed E-state index contributed by atoms with van der Waals surface area (Å²) in [6, 6.07) is 8.94. The maximum absolute atomic E-state index is 14.0. The lowest BCUT2D eigenvalue weighted by Crippen LogP contribution is -2.50. The summed E-state index contributed by atoms with van der Waals surface area (Å²) in [7, 11) is 1.52. The van der Waals surface area contributed by atoms with Crippen LogP contribution < -0.4 is 9.47 Å². The largest absolute Gasteiger partial charge is 0.493 e. The minimum atomic E-state index is -0.612. The van der Waals surface area contributed by atoms with Crippen LogP contribution in [0.15, 0.2) is 36.4 Å². The van der Waals surface area contributed by atoms with Crippen molar-refractivity contribution in [1.29, 1.82) is 0 Å². The van der Waals surface area contributed by atoms with Crippen LogP contribution in [0.5, 0.6) is 11.5 Å². The van der Waals surface area contributed by atoms with Gasteiger partial charge in [0.1, 0.15) is 5.82 Å². The Bertz CT molecular complexity index is 914. The predicted octanol–water partition coefficient (Wildman–Crippen LogP) is 3.48.